The fourth-order valence-corrected chi connectivity index (χ4v) is 3.06. The van der Waals surface area contributed by atoms with E-state index in [2.05, 4.69) is 28.5 Å². The van der Waals surface area contributed by atoms with E-state index in [1.165, 1.54) is 34.7 Å². The zero-order chi connectivity index (χ0) is 16.2. The smallest absolute Gasteiger partial charge is 0.347 e. The van der Waals surface area contributed by atoms with Gasteiger partial charge in [0.1, 0.15) is 6.54 Å². The third-order valence-corrected chi connectivity index (χ3v) is 4.35. The van der Waals surface area contributed by atoms with Crippen molar-refractivity contribution in [3.63, 3.8) is 0 Å². The lowest BCUT2D eigenvalue weighted by atomic mass is 9.89. The van der Waals surface area contributed by atoms with Crippen LogP contribution in [0.15, 0.2) is 41.5 Å². The van der Waals surface area contributed by atoms with Crippen LogP contribution >= 0.6 is 0 Å². The predicted octanol–water partition coefficient (Wildman–Crippen LogP) is 2.00. The lowest BCUT2D eigenvalue weighted by Crippen LogP contribution is -2.34. The normalized spacial score (nSPS) is 14.8. The molecule has 0 bridgehead atoms. The minimum atomic E-state index is -0.413. The SMILES string of the molecule is C[C@H](NC(=O)Cn1cccnc1=O)c1ccc2c(c1)CCCC2. The molecule has 3 rings (SSSR count). The van der Waals surface area contributed by atoms with Crippen LogP contribution < -0.4 is 11.0 Å². The fourth-order valence-electron chi connectivity index (χ4n) is 3.06. The lowest BCUT2D eigenvalue weighted by molar-refractivity contribution is -0.122. The van der Waals surface area contributed by atoms with E-state index in [1.54, 1.807) is 12.3 Å². The van der Waals surface area contributed by atoms with Crippen molar-refractivity contribution in [1.29, 1.82) is 0 Å². The van der Waals surface area contributed by atoms with Gasteiger partial charge in [-0.1, -0.05) is 18.2 Å². The first-order valence-electron chi connectivity index (χ1n) is 8.06. The molecule has 5 nitrogen and oxygen atoms in total. The Morgan fingerprint density at radius 3 is 2.87 bits per heavy atom. The van der Waals surface area contributed by atoms with Gasteiger partial charge in [0, 0.05) is 12.4 Å². The molecule has 5 heteroatoms. The van der Waals surface area contributed by atoms with E-state index in [4.69, 9.17) is 0 Å². The number of hydrogen-bond donors (Lipinski definition) is 1. The van der Waals surface area contributed by atoms with Gasteiger partial charge in [-0.25, -0.2) is 9.78 Å². The van der Waals surface area contributed by atoms with Crippen LogP contribution in [0.25, 0.3) is 0 Å². The second-order valence-electron chi connectivity index (χ2n) is 6.05. The highest BCUT2D eigenvalue weighted by molar-refractivity contribution is 5.76. The highest BCUT2D eigenvalue weighted by atomic mass is 16.2. The quantitative estimate of drug-likeness (QED) is 0.939. The van der Waals surface area contributed by atoms with Crippen LogP contribution in [0.2, 0.25) is 0 Å². The van der Waals surface area contributed by atoms with Crippen molar-refractivity contribution in [2.75, 3.05) is 0 Å². The first kappa shape index (κ1) is 15.5. The Labute approximate surface area is 135 Å². The van der Waals surface area contributed by atoms with Gasteiger partial charge in [0.25, 0.3) is 0 Å². The predicted molar refractivity (Wildman–Crippen MR) is 88.1 cm³/mol. The van der Waals surface area contributed by atoms with Crippen molar-refractivity contribution in [2.45, 2.75) is 45.2 Å². The number of aromatic nitrogens is 2. The van der Waals surface area contributed by atoms with Crippen molar-refractivity contribution in [2.24, 2.45) is 0 Å². The van der Waals surface area contributed by atoms with Crippen LogP contribution in [-0.4, -0.2) is 15.5 Å². The zero-order valence-corrected chi connectivity index (χ0v) is 13.3. The summed E-state index contributed by atoms with van der Waals surface area (Å²) in [6.45, 7) is 1.95. The third kappa shape index (κ3) is 3.67. The Kier molecular flexibility index (Phi) is 4.55. The third-order valence-electron chi connectivity index (χ3n) is 4.35. The molecule has 0 unspecified atom stereocenters. The van der Waals surface area contributed by atoms with Crippen molar-refractivity contribution < 1.29 is 4.79 Å². The molecule has 0 saturated heterocycles. The Hall–Kier alpha value is -2.43. The molecule has 1 aromatic heterocycles. The maximum absolute atomic E-state index is 12.1. The number of carbonyl (C=O) groups excluding carboxylic acids is 1. The average molecular weight is 311 g/mol. The number of nitrogens with one attached hydrogen (secondary N) is 1. The molecule has 1 heterocycles. The number of rotatable bonds is 4. The number of nitrogens with zero attached hydrogens (tertiary/aromatic N) is 2. The zero-order valence-electron chi connectivity index (χ0n) is 13.3. The molecule has 120 valence electrons. The summed E-state index contributed by atoms with van der Waals surface area (Å²) in [5, 5.41) is 2.95. The van der Waals surface area contributed by atoms with Crippen molar-refractivity contribution in [1.82, 2.24) is 14.9 Å². The monoisotopic (exact) mass is 311 g/mol. The summed E-state index contributed by atoms with van der Waals surface area (Å²) in [7, 11) is 0. The van der Waals surface area contributed by atoms with Crippen LogP contribution in [0.1, 0.15) is 42.5 Å². The maximum atomic E-state index is 12.1. The van der Waals surface area contributed by atoms with Gasteiger partial charge in [-0.15, -0.1) is 0 Å². The number of hydrogen-bond acceptors (Lipinski definition) is 3. The topological polar surface area (TPSA) is 64.0 Å². The molecule has 23 heavy (non-hydrogen) atoms. The standard InChI is InChI=1S/C18H21N3O2/c1-13(15-8-7-14-5-2-3-6-16(14)11-15)20-17(22)12-21-10-4-9-19-18(21)23/h4,7-11,13H,2-3,5-6,12H2,1H3,(H,20,22)/t13-/m0/s1. The molecule has 1 aliphatic carbocycles. The van der Waals surface area contributed by atoms with Gasteiger partial charge in [-0.2, -0.15) is 0 Å². The molecule has 0 fully saturated rings. The number of benzene rings is 1. The molecule has 0 saturated carbocycles. The summed E-state index contributed by atoms with van der Waals surface area (Å²) < 4.78 is 1.30. The van der Waals surface area contributed by atoms with Gasteiger partial charge in [-0.3, -0.25) is 9.36 Å². The molecular weight excluding hydrogens is 290 g/mol. The van der Waals surface area contributed by atoms with Crippen LogP contribution in [-0.2, 0) is 24.2 Å². The van der Waals surface area contributed by atoms with E-state index in [0.29, 0.717) is 0 Å². The Balaban J connectivity index is 1.67. The van der Waals surface area contributed by atoms with Gasteiger partial charge >= 0.3 is 5.69 Å². The molecule has 2 aromatic rings. The summed E-state index contributed by atoms with van der Waals surface area (Å²) in [5.74, 6) is -0.190. The van der Waals surface area contributed by atoms with E-state index >= 15 is 0 Å². The van der Waals surface area contributed by atoms with E-state index in [9.17, 15) is 9.59 Å². The molecule has 0 spiro atoms. The van der Waals surface area contributed by atoms with Crippen molar-refractivity contribution >= 4 is 5.91 Å². The summed E-state index contributed by atoms with van der Waals surface area (Å²) in [6, 6.07) is 8.03. The number of amides is 1. The summed E-state index contributed by atoms with van der Waals surface area (Å²) >= 11 is 0. The van der Waals surface area contributed by atoms with Crippen LogP contribution in [0, 0.1) is 0 Å². The molecule has 0 aliphatic heterocycles. The molecule has 0 radical (unpaired) electrons. The number of aryl methyl sites for hydroxylation is 2. The van der Waals surface area contributed by atoms with Gasteiger partial charge in [0.2, 0.25) is 5.91 Å². The van der Waals surface area contributed by atoms with Crippen molar-refractivity contribution in [3.05, 3.63) is 63.8 Å². The van der Waals surface area contributed by atoms with Crippen molar-refractivity contribution in [3.8, 4) is 0 Å². The molecule has 1 aliphatic rings. The summed E-state index contributed by atoms with van der Waals surface area (Å²) in [6.07, 6.45) is 7.76. The largest absolute Gasteiger partial charge is 0.348 e. The lowest BCUT2D eigenvalue weighted by Gasteiger charge is -2.20. The summed E-state index contributed by atoms with van der Waals surface area (Å²) in [4.78, 5) is 27.3. The molecular formula is C18H21N3O2. The molecule has 1 atom stereocenters. The van der Waals surface area contributed by atoms with E-state index < -0.39 is 5.69 Å². The van der Waals surface area contributed by atoms with Crippen LogP contribution in [0.4, 0.5) is 0 Å². The highest BCUT2D eigenvalue weighted by Gasteiger charge is 2.14. The van der Waals surface area contributed by atoms with Gasteiger partial charge in [0.15, 0.2) is 0 Å². The van der Waals surface area contributed by atoms with Gasteiger partial charge in [0.05, 0.1) is 6.04 Å². The van der Waals surface area contributed by atoms with Gasteiger partial charge in [-0.05, 0) is 55.4 Å². The van der Waals surface area contributed by atoms with E-state index in [-0.39, 0.29) is 18.5 Å². The fraction of sp³-hybridized carbons (Fsp3) is 0.389. The Bertz CT molecular complexity index is 767. The first-order chi connectivity index (χ1) is 11.1. The number of fused-ring (bicyclic) bond motifs is 1. The first-order valence-corrected chi connectivity index (χ1v) is 8.06. The maximum Gasteiger partial charge on any atom is 0.347 e. The summed E-state index contributed by atoms with van der Waals surface area (Å²) in [5.41, 5.74) is 3.53. The molecule has 1 amide bonds. The molecule has 1 N–H and O–H groups in total. The Morgan fingerprint density at radius 1 is 1.30 bits per heavy atom. The second-order valence-corrected chi connectivity index (χ2v) is 6.05. The van der Waals surface area contributed by atoms with E-state index in [0.717, 1.165) is 18.4 Å². The van der Waals surface area contributed by atoms with Crippen LogP contribution in [0.5, 0.6) is 0 Å². The van der Waals surface area contributed by atoms with Crippen LogP contribution in [0.3, 0.4) is 0 Å². The van der Waals surface area contributed by atoms with Gasteiger partial charge < -0.3 is 5.32 Å². The minimum absolute atomic E-state index is 0.0120. The molecule has 1 aromatic carbocycles. The second kappa shape index (κ2) is 6.77. The average Bonchev–Trinajstić information content (AvgIpc) is 2.56. The number of carbonyl (C=O) groups is 1. The highest BCUT2D eigenvalue weighted by Crippen LogP contribution is 2.24. The van der Waals surface area contributed by atoms with E-state index in [1.807, 2.05) is 6.92 Å². The minimum Gasteiger partial charge on any atom is -0.348 e. The Morgan fingerprint density at radius 2 is 2.09 bits per heavy atom.